The zero-order valence-corrected chi connectivity index (χ0v) is 13.9. The van der Waals surface area contributed by atoms with Gasteiger partial charge in [-0.05, 0) is 52.2 Å². The molecule has 2 atom stereocenters. The Balaban J connectivity index is 2.48. The Hall–Kier alpha value is -1.66. The molecule has 124 valence electrons. The van der Waals surface area contributed by atoms with Crippen molar-refractivity contribution in [3.05, 3.63) is 29.1 Å². The van der Waals surface area contributed by atoms with Gasteiger partial charge in [0.05, 0.1) is 11.8 Å². The zero-order chi connectivity index (χ0) is 16.9. The molecule has 0 saturated heterocycles. The smallest absolute Gasteiger partial charge is 0.407 e. The quantitative estimate of drug-likeness (QED) is 0.774. The van der Waals surface area contributed by atoms with E-state index in [4.69, 9.17) is 4.74 Å². The summed E-state index contributed by atoms with van der Waals surface area (Å²) in [6.45, 7) is 9.28. The molecule has 22 heavy (non-hydrogen) atoms. The average molecular weight is 310 g/mol. The molecule has 0 aliphatic heterocycles. The Kier molecular flexibility index (Phi) is 6.32. The second-order valence-electron chi connectivity index (χ2n) is 6.44. The Morgan fingerprint density at radius 2 is 2.00 bits per heavy atom. The SMILES string of the molecule is Cc1cnc(C(O)C(O)CCNC(=O)OC(C)(C)C)c(C)c1. The maximum absolute atomic E-state index is 11.5. The van der Waals surface area contributed by atoms with E-state index in [2.05, 4.69) is 10.3 Å². The summed E-state index contributed by atoms with van der Waals surface area (Å²) in [5.41, 5.74) is 1.71. The molecule has 1 aromatic heterocycles. The number of aliphatic hydroxyl groups excluding tert-OH is 2. The Morgan fingerprint density at radius 1 is 1.36 bits per heavy atom. The van der Waals surface area contributed by atoms with Crippen LogP contribution in [0.2, 0.25) is 0 Å². The molecule has 0 saturated carbocycles. The average Bonchev–Trinajstić information content (AvgIpc) is 2.35. The molecule has 1 rings (SSSR count). The van der Waals surface area contributed by atoms with Crippen molar-refractivity contribution in [3.63, 3.8) is 0 Å². The number of aliphatic hydroxyl groups is 2. The molecule has 0 fully saturated rings. The summed E-state index contributed by atoms with van der Waals surface area (Å²) in [7, 11) is 0. The summed E-state index contributed by atoms with van der Waals surface area (Å²) in [6, 6.07) is 1.90. The summed E-state index contributed by atoms with van der Waals surface area (Å²) in [4.78, 5) is 15.7. The second kappa shape index (κ2) is 7.56. The highest BCUT2D eigenvalue weighted by molar-refractivity contribution is 5.67. The number of pyridine rings is 1. The van der Waals surface area contributed by atoms with Crippen molar-refractivity contribution in [2.24, 2.45) is 0 Å². The first-order valence-electron chi connectivity index (χ1n) is 7.36. The number of hydrogen-bond donors (Lipinski definition) is 3. The van der Waals surface area contributed by atoms with Gasteiger partial charge in [-0.2, -0.15) is 0 Å². The van der Waals surface area contributed by atoms with Crippen molar-refractivity contribution < 1.29 is 19.7 Å². The van der Waals surface area contributed by atoms with Crippen molar-refractivity contribution in [2.45, 2.75) is 58.8 Å². The number of alkyl carbamates (subject to hydrolysis) is 1. The van der Waals surface area contributed by atoms with E-state index in [-0.39, 0.29) is 13.0 Å². The topological polar surface area (TPSA) is 91.7 Å². The van der Waals surface area contributed by atoms with Gasteiger partial charge >= 0.3 is 6.09 Å². The molecule has 6 heteroatoms. The molecule has 1 amide bonds. The lowest BCUT2D eigenvalue weighted by atomic mass is 10.0. The van der Waals surface area contributed by atoms with Gasteiger partial charge in [0.15, 0.2) is 0 Å². The number of carbonyl (C=O) groups excluding carboxylic acids is 1. The van der Waals surface area contributed by atoms with E-state index in [9.17, 15) is 15.0 Å². The molecule has 0 aliphatic rings. The molecule has 0 aromatic carbocycles. The highest BCUT2D eigenvalue weighted by Gasteiger charge is 2.22. The van der Waals surface area contributed by atoms with Crippen molar-refractivity contribution in [1.82, 2.24) is 10.3 Å². The van der Waals surface area contributed by atoms with Crippen molar-refractivity contribution >= 4 is 6.09 Å². The van der Waals surface area contributed by atoms with Crippen LogP contribution in [-0.4, -0.2) is 39.5 Å². The van der Waals surface area contributed by atoms with Crippen LogP contribution < -0.4 is 5.32 Å². The maximum Gasteiger partial charge on any atom is 0.407 e. The molecular weight excluding hydrogens is 284 g/mol. The van der Waals surface area contributed by atoms with Gasteiger partial charge in [-0.3, -0.25) is 4.98 Å². The minimum absolute atomic E-state index is 0.204. The number of carbonyl (C=O) groups is 1. The number of amides is 1. The highest BCUT2D eigenvalue weighted by Crippen LogP contribution is 2.20. The Morgan fingerprint density at radius 3 is 2.55 bits per heavy atom. The molecule has 3 N–H and O–H groups in total. The summed E-state index contributed by atoms with van der Waals surface area (Å²) in [5, 5.41) is 22.7. The Labute approximate surface area is 131 Å². The van der Waals surface area contributed by atoms with Gasteiger partial charge in [-0.1, -0.05) is 6.07 Å². The van der Waals surface area contributed by atoms with Crippen molar-refractivity contribution in [2.75, 3.05) is 6.54 Å². The first-order valence-corrected chi connectivity index (χ1v) is 7.36. The number of ether oxygens (including phenoxy) is 1. The fourth-order valence-corrected chi connectivity index (χ4v) is 2.01. The maximum atomic E-state index is 11.5. The number of rotatable bonds is 5. The fraction of sp³-hybridized carbons (Fsp3) is 0.625. The van der Waals surface area contributed by atoms with Crippen LogP contribution in [0.5, 0.6) is 0 Å². The van der Waals surface area contributed by atoms with E-state index in [1.807, 2.05) is 19.9 Å². The van der Waals surface area contributed by atoms with Gasteiger partial charge in [0.2, 0.25) is 0 Å². The summed E-state index contributed by atoms with van der Waals surface area (Å²) < 4.78 is 5.09. The third kappa shape index (κ3) is 5.99. The third-order valence-corrected chi connectivity index (χ3v) is 3.01. The minimum atomic E-state index is -1.08. The summed E-state index contributed by atoms with van der Waals surface area (Å²) in [5.74, 6) is 0. The molecule has 6 nitrogen and oxygen atoms in total. The first kappa shape index (κ1) is 18.4. The van der Waals surface area contributed by atoms with E-state index in [0.29, 0.717) is 5.69 Å². The number of hydrogen-bond acceptors (Lipinski definition) is 5. The molecule has 1 aromatic rings. The molecule has 0 spiro atoms. The van der Waals surface area contributed by atoms with Gasteiger partial charge in [0.25, 0.3) is 0 Å². The third-order valence-electron chi connectivity index (χ3n) is 3.01. The van der Waals surface area contributed by atoms with Crippen molar-refractivity contribution in [3.8, 4) is 0 Å². The number of aromatic nitrogens is 1. The standard InChI is InChI=1S/C16H26N2O4/c1-10-8-11(2)13(18-9-10)14(20)12(19)6-7-17-15(21)22-16(3,4)5/h8-9,12,14,19-20H,6-7H2,1-5H3,(H,17,21). The van der Waals surface area contributed by atoms with Crippen LogP contribution in [0.1, 0.15) is 50.1 Å². The van der Waals surface area contributed by atoms with Gasteiger partial charge in [0, 0.05) is 12.7 Å². The largest absolute Gasteiger partial charge is 0.444 e. The molecule has 2 unspecified atom stereocenters. The predicted molar refractivity (Wildman–Crippen MR) is 83.5 cm³/mol. The first-order chi connectivity index (χ1) is 10.1. The lowest BCUT2D eigenvalue weighted by molar-refractivity contribution is 0.00954. The van der Waals surface area contributed by atoms with Gasteiger partial charge in [-0.25, -0.2) is 4.79 Å². The number of nitrogens with zero attached hydrogens (tertiary/aromatic N) is 1. The minimum Gasteiger partial charge on any atom is -0.444 e. The number of nitrogens with one attached hydrogen (secondary N) is 1. The molecule has 0 radical (unpaired) electrons. The molecule has 0 bridgehead atoms. The van der Waals surface area contributed by atoms with E-state index >= 15 is 0 Å². The van der Waals surface area contributed by atoms with E-state index in [1.54, 1.807) is 27.0 Å². The van der Waals surface area contributed by atoms with E-state index in [0.717, 1.165) is 11.1 Å². The van der Waals surface area contributed by atoms with Crippen LogP contribution in [0.15, 0.2) is 12.3 Å². The van der Waals surface area contributed by atoms with Crippen molar-refractivity contribution in [1.29, 1.82) is 0 Å². The van der Waals surface area contributed by atoms with Crippen LogP contribution >= 0.6 is 0 Å². The summed E-state index contributed by atoms with van der Waals surface area (Å²) in [6.07, 6.45) is -0.782. The normalized spacial score (nSPS) is 14.3. The predicted octanol–water partition coefficient (Wildman–Crippen LogP) is 2.01. The molecule has 1 heterocycles. The Bertz CT molecular complexity index is 511. The van der Waals surface area contributed by atoms with Crippen LogP contribution in [0.25, 0.3) is 0 Å². The number of aryl methyl sites for hydroxylation is 2. The zero-order valence-electron chi connectivity index (χ0n) is 13.9. The second-order valence-corrected chi connectivity index (χ2v) is 6.44. The molecular formula is C16H26N2O4. The van der Waals surface area contributed by atoms with Gasteiger partial charge in [-0.15, -0.1) is 0 Å². The molecule has 0 aliphatic carbocycles. The monoisotopic (exact) mass is 310 g/mol. The van der Waals surface area contributed by atoms with Gasteiger partial charge in [0.1, 0.15) is 11.7 Å². The van der Waals surface area contributed by atoms with Crippen LogP contribution in [0.3, 0.4) is 0 Å². The van der Waals surface area contributed by atoms with Gasteiger partial charge < -0.3 is 20.3 Å². The van der Waals surface area contributed by atoms with E-state index < -0.39 is 23.9 Å². The summed E-state index contributed by atoms with van der Waals surface area (Å²) >= 11 is 0. The fourth-order valence-electron chi connectivity index (χ4n) is 2.01. The van der Waals surface area contributed by atoms with Crippen LogP contribution in [0.4, 0.5) is 4.79 Å². The lowest BCUT2D eigenvalue weighted by Crippen LogP contribution is -2.34. The van der Waals surface area contributed by atoms with E-state index in [1.165, 1.54) is 0 Å². The highest BCUT2D eigenvalue weighted by atomic mass is 16.6. The lowest BCUT2D eigenvalue weighted by Gasteiger charge is -2.21. The van der Waals surface area contributed by atoms with Crippen LogP contribution in [0, 0.1) is 13.8 Å². The van der Waals surface area contributed by atoms with Crippen LogP contribution in [-0.2, 0) is 4.74 Å².